The van der Waals surface area contributed by atoms with Crippen LogP contribution in [0, 0.1) is 0 Å². The molecule has 3 aliphatic rings. The molecular formula is C17H24N2OS. The summed E-state index contributed by atoms with van der Waals surface area (Å²) in [5.41, 5.74) is 1.46. The Labute approximate surface area is 130 Å². The lowest BCUT2D eigenvalue weighted by molar-refractivity contribution is 0.0685. The predicted molar refractivity (Wildman–Crippen MR) is 86.0 cm³/mol. The average molecular weight is 304 g/mol. The van der Waals surface area contributed by atoms with Crippen LogP contribution in [0.25, 0.3) is 0 Å². The third kappa shape index (κ3) is 2.53. The molecule has 1 aromatic heterocycles. The van der Waals surface area contributed by atoms with Gasteiger partial charge in [0.15, 0.2) is 0 Å². The molecule has 1 amide bonds. The Bertz CT molecular complexity index is 501. The zero-order valence-corrected chi connectivity index (χ0v) is 13.4. The van der Waals surface area contributed by atoms with Crippen LogP contribution in [0.1, 0.15) is 58.6 Å². The van der Waals surface area contributed by atoms with Crippen molar-refractivity contribution in [2.24, 2.45) is 0 Å². The van der Waals surface area contributed by atoms with Crippen molar-refractivity contribution in [3.63, 3.8) is 0 Å². The number of aryl methyl sites for hydroxylation is 2. The standard InChI is InChI=1S/C17H24N2OS/c20-17(19-13-6-7-14(19)11-18-9-8-13)16-10-12-4-2-1-3-5-15(12)21-16/h10,13-14,18H,1-9,11H2. The summed E-state index contributed by atoms with van der Waals surface area (Å²) >= 11 is 1.78. The Hall–Kier alpha value is -0.870. The molecule has 2 saturated heterocycles. The van der Waals surface area contributed by atoms with Gasteiger partial charge in [0.1, 0.15) is 0 Å². The van der Waals surface area contributed by atoms with E-state index >= 15 is 0 Å². The monoisotopic (exact) mass is 304 g/mol. The van der Waals surface area contributed by atoms with E-state index in [2.05, 4.69) is 16.3 Å². The van der Waals surface area contributed by atoms with Crippen molar-refractivity contribution in [1.82, 2.24) is 10.2 Å². The van der Waals surface area contributed by atoms with E-state index in [9.17, 15) is 4.79 Å². The van der Waals surface area contributed by atoms with Crippen molar-refractivity contribution in [2.75, 3.05) is 13.1 Å². The number of fused-ring (bicyclic) bond motifs is 3. The number of hydrogen-bond acceptors (Lipinski definition) is 3. The van der Waals surface area contributed by atoms with E-state index in [0.717, 1.165) is 24.4 Å². The van der Waals surface area contributed by atoms with E-state index in [4.69, 9.17) is 0 Å². The highest BCUT2D eigenvalue weighted by molar-refractivity contribution is 7.14. The first-order valence-electron chi connectivity index (χ1n) is 8.48. The summed E-state index contributed by atoms with van der Waals surface area (Å²) in [5, 5.41) is 3.48. The second-order valence-electron chi connectivity index (χ2n) is 6.71. The molecule has 114 valence electrons. The maximum Gasteiger partial charge on any atom is 0.264 e. The normalized spacial score (nSPS) is 28.9. The van der Waals surface area contributed by atoms with Crippen molar-refractivity contribution in [3.05, 3.63) is 21.4 Å². The van der Waals surface area contributed by atoms with Gasteiger partial charge in [-0.05, 0) is 63.1 Å². The van der Waals surface area contributed by atoms with Gasteiger partial charge < -0.3 is 10.2 Å². The summed E-state index contributed by atoms with van der Waals surface area (Å²) in [7, 11) is 0. The molecule has 1 aliphatic carbocycles. The van der Waals surface area contributed by atoms with Crippen molar-refractivity contribution < 1.29 is 4.79 Å². The number of rotatable bonds is 1. The Morgan fingerprint density at radius 1 is 1.14 bits per heavy atom. The molecule has 3 heterocycles. The quantitative estimate of drug-likeness (QED) is 0.809. The molecular weight excluding hydrogens is 280 g/mol. The molecule has 2 bridgehead atoms. The van der Waals surface area contributed by atoms with Gasteiger partial charge in [-0.15, -0.1) is 11.3 Å². The molecule has 4 heteroatoms. The first kappa shape index (κ1) is 13.8. The molecule has 0 aromatic carbocycles. The molecule has 21 heavy (non-hydrogen) atoms. The number of hydrogen-bond donors (Lipinski definition) is 1. The molecule has 1 aromatic rings. The fraction of sp³-hybridized carbons (Fsp3) is 0.706. The number of thiophene rings is 1. The van der Waals surface area contributed by atoms with Gasteiger partial charge in [-0.3, -0.25) is 4.79 Å². The van der Waals surface area contributed by atoms with E-state index < -0.39 is 0 Å². The van der Waals surface area contributed by atoms with Crippen LogP contribution in [0.2, 0.25) is 0 Å². The van der Waals surface area contributed by atoms with Gasteiger partial charge in [0.2, 0.25) is 0 Å². The number of carbonyl (C=O) groups is 1. The zero-order chi connectivity index (χ0) is 14.2. The van der Waals surface area contributed by atoms with Crippen LogP contribution < -0.4 is 5.32 Å². The van der Waals surface area contributed by atoms with Crippen LogP contribution in [-0.2, 0) is 12.8 Å². The average Bonchev–Trinajstić information content (AvgIpc) is 2.90. The van der Waals surface area contributed by atoms with E-state index in [-0.39, 0.29) is 0 Å². The van der Waals surface area contributed by atoms with Crippen LogP contribution in [-0.4, -0.2) is 36.0 Å². The number of carbonyl (C=O) groups excluding carboxylic acids is 1. The van der Waals surface area contributed by atoms with Crippen LogP contribution in [0.5, 0.6) is 0 Å². The Balaban J connectivity index is 1.59. The Morgan fingerprint density at radius 2 is 2.00 bits per heavy atom. The molecule has 3 nitrogen and oxygen atoms in total. The molecule has 4 rings (SSSR count). The van der Waals surface area contributed by atoms with Gasteiger partial charge in [0.05, 0.1) is 4.88 Å². The molecule has 2 aliphatic heterocycles. The van der Waals surface area contributed by atoms with Crippen LogP contribution >= 0.6 is 11.3 Å². The first-order valence-corrected chi connectivity index (χ1v) is 9.29. The van der Waals surface area contributed by atoms with Crippen molar-refractivity contribution in [2.45, 2.75) is 63.5 Å². The molecule has 0 saturated carbocycles. The van der Waals surface area contributed by atoms with Gasteiger partial charge in [-0.2, -0.15) is 0 Å². The summed E-state index contributed by atoms with van der Waals surface area (Å²) in [6, 6.07) is 3.11. The SMILES string of the molecule is O=C(c1cc2c(s1)CCCCC2)N1C2CCNCC1CC2. The molecule has 2 unspecified atom stereocenters. The summed E-state index contributed by atoms with van der Waals surface area (Å²) in [5.74, 6) is 0.310. The third-order valence-electron chi connectivity index (χ3n) is 5.35. The van der Waals surface area contributed by atoms with Gasteiger partial charge in [0, 0.05) is 23.5 Å². The van der Waals surface area contributed by atoms with Gasteiger partial charge in [0.25, 0.3) is 5.91 Å². The fourth-order valence-corrected chi connectivity index (χ4v) is 5.41. The number of nitrogens with one attached hydrogen (secondary N) is 1. The highest BCUT2D eigenvalue weighted by Crippen LogP contribution is 2.34. The second-order valence-corrected chi connectivity index (χ2v) is 7.85. The van der Waals surface area contributed by atoms with Gasteiger partial charge in [-0.25, -0.2) is 0 Å². The summed E-state index contributed by atoms with van der Waals surface area (Å²) in [6.07, 6.45) is 9.77. The highest BCUT2D eigenvalue weighted by Gasteiger charge is 2.38. The molecule has 2 atom stereocenters. The van der Waals surface area contributed by atoms with Crippen LogP contribution in [0.15, 0.2) is 6.07 Å². The van der Waals surface area contributed by atoms with E-state index in [0.29, 0.717) is 18.0 Å². The maximum atomic E-state index is 13.0. The summed E-state index contributed by atoms with van der Waals surface area (Å²) in [4.78, 5) is 17.7. The van der Waals surface area contributed by atoms with E-state index in [1.165, 1.54) is 55.4 Å². The topological polar surface area (TPSA) is 32.3 Å². The first-order chi connectivity index (χ1) is 10.3. The Morgan fingerprint density at radius 3 is 2.95 bits per heavy atom. The zero-order valence-electron chi connectivity index (χ0n) is 12.6. The lowest BCUT2D eigenvalue weighted by Gasteiger charge is -2.27. The minimum atomic E-state index is 0.310. The summed E-state index contributed by atoms with van der Waals surface area (Å²) in [6.45, 7) is 2.04. The van der Waals surface area contributed by atoms with Gasteiger partial charge >= 0.3 is 0 Å². The largest absolute Gasteiger partial charge is 0.331 e. The number of amides is 1. The molecule has 0 radical (unpaired) electrons. The summed E-state index contributed by atoms with van der Waals surface area (Å²) < 4.78 is 0. The van der Waals surface area contributed by atoms with Crippen molar-refractivity contribution >= 4 is 17.2 Å². The second kappa shape index (κ2) is 5.73. The minimum absolute atomic E-state index is 0.310. The number of nitrogens with zero attached hydrogens (tertiary/aromatic N) is 1. The van der Waals surface area contributed by atoms with Crippen molar-refractivity contribution in [3.8, 4) is 0 Å². The lowest BCUT2D eigenvalue weighted by atomic mass is 10.1. The minimum Gasteiger partial charge on any atom is -0.331 e. The Kier molecular flexibility index (Phi) is 3.76. The van der Waals surface area contributed by atoms with Gasteiger partial charge in [-0.1, -0.05) is 6.42 Å². The molecule has 1 N–H and O–H groups in total. The van der Waals surface area contributed by atoms with E-state index in [1.807, 2.05) is 0 Å². The molecule has 0 spiro atoms. The van der Waals surface area contributed by atoms with Crippen LogP contribution in [0.3, 0.4) is 0 Å². The van der Waals surface area contributed by atoms with Crippen LogP contribution in [0.4, 0.5) is 0 Å². The smallest absolute Gasteiger partial charge is 0.264 e. The lowest BCUT2D eigenvalue weighted by Crippen LogP contribution is -2.42. The third-order valence-corrected chi connectivity index (χ3v) is 6.57. The highest BCUT2D eigenvalue weighted by atomic mass is 32.1. The predicted octanol–water partition coefficient (Wildman–Crippen LogP) is 2.98. The fourth-order valence-electron chi connectivity index (χ4n) is 4.21. The van der Waals surface area contributed by atoms with E-state index in [1.54, 1.807) is 11.3 Å². The molecule has 2 fully saturated rings. The maximum absolute atomic E-state index is 13.0. The van der Waals surface area contributed by atoms with Crippen molar-refractivity contribution in [1.29, 1.82) is 0 Å².